The lowest BCUT2D eigenvalue weighted by atomic mass is 10.1. The van der Waals surface area contributed by atoms with Gasteiger partial charge < -0.3 is 14.4 Å². The predicted octanol–water partition coefficient (Wildman–Crippen LogP) is 4.59. The molecule has 148 valence electrons. The Morgan fingerprint density at radius 1 is 1.07 bits per heavy atom. The first-order chi connectivity index (χ1) is 13.6. The first-order valence-electron chi connectivity index (χ1n) is 9.82. The lowest BCUT2D eigenvalue weighted by Gasteiger charge is -2.23. The first kappa shape index (κ1) is 20.0. The average Bonchev–Trinajstić information content (AvgIpc) is 3.56. The van der Waals surface area contributed by atoms with E-state index in [4.69, 9.17) is 9.47 Å². The number of carbonyl (C=O) groups is 1. The van der Waals surface area contributed by atoms with Gasteiger partial charge in [-0.15, -0.1) is 0 Å². The Balaban J connectivity index is 1.68. The van der Waals surface area contributed by atoms with Gasteiger partial charge in [0.1, 0.15) is 0 Å². The molecule has 1 aliphatic rings. The molecule has 1 amide bonds. The molecule has 2 aromatic rings. The van der Waals surface area contributed by atoms with Crippen molar-refractivity contribution < 1.29 is 14.3 Å². The molecule has 0 heterocycles. The molecule has 0 bridgehead atoms. The van der Waals surface area contributed by atoms with Gasteiger partial charge in [-0.25, -0.2) is 0 Å². The van der Waals surface area contributed by atoms with Crippen LogP contribution >= 0.6 is 0 Å². The lowest BCUT2D eigenvalue weighted by molar-refractivity contribution is -0.132. The van der Waals surface area contributed by atoms with E-state index in [0.717, 1.165) is 36.3 Å². The zero-order valence-corrected chi connectivity index (χ0v) is 17.0. The summed E-state index contributed by atoms with van der Waals surface area (Å²) >= 11 is 0. The number of methoxy groups -OCH3 is 2. The zero-order valence-electron chi connectivity index (χ0n) is 17.0. The molecule has 0 N–H and O–H groups in total. The van der Waals surface area contributed by atoms with Crippen molar-refractivity contribution >= 4 is 12.0 Å². The molecule has 2 aromatic carbocycles. The summed E-state index contributed by atoms with van der Waals surface area (Å²) in [5.41, 5.74) is 3.49. The van der Waals surface area contributed by atoms with Crippen LogP contribution in [0.25, 0.3) is 6.08 Å². The second-order valence-corrected chi connectivity index (χ2v) is 7.37. The van der Waals surface area contributed by atoms with Crippen LogP contribution in [0.1, 0.15) is 30.9 Å². The van der Waals surface area contributed by atoms with Crippen molar-refractivity contribution in [1.29, 1.82) is 0 Å². The monoisotopic (exact) mass is 379 g/mol. The molecular weight excluding hydrogens is 350 g/mol. The second-order valence-electron chi connectivity index (χ2n) is 7.37. The molecule has 28 heavy (non-hydrogen) atoms. The van der Waals surface area contributed by atoms with Crippen LogP contribution in [0.15, 0.2) is 54.1 Å². The Bertz CT molecular complexity index is 825. The molecule has 0 aliphatic heterocycles. The van der Waals surface area contributed by atoms with Crippen LogP contribution in [0, 0.1) is 5.92 Å². The first-order valence-corrected chi connectivity index (χ1v) is 9.82. The quantitative estimate of drug-likeness (QED) is 0.640. The van der Waals surface area contributed by atoms with E-state index < -0.39 is 0 Å². The number of carbonyl (C=O) groups excluding carboxylic acids is 1. The average molecular weight is 380 g/mol. The summed E-state index contributed by atoms with van der Waals surface area (Å²) in [5.74, 6) is 1.94. The third-order valence-corrected chi connectivity index (χ3v) is 5.01. The lowest BCUT2D eigenvalue weighted by Crippen LogP contribution is -2.35. The van der Waals surface area contributed by atoms with E-state index in [1.165, 1.54) is 11.1 Å². The van der Waals surface area contributed by atoms with E-state index in [0.29, 0.717) is 13.1 Å². The van der Waals surface area contributed by atoms with Crippen molar-refractivity contribution in [2.24, 2.45) is 5.92 Å². The molecule has 0 spiro atoms. The molecule has 3 rings (SSSR count). The Kier molecular flexibility index (Phi) is 6.75. The minimum absolute atomic E-state index is 0.218. The number of nitrogens with zero attached hydrogens (tertiary/aromatic N) is 1. The molecule has 4 heteroatoms. The highest BCUT2D eigenvalue weighted by atomic mass is 16.5. The second kappa shape index (κ2) is 9.45. The van der Waals surface area contributed by atoms with Gasteiger partial charge >= 0.3 is 0 Å². The van der Waals surface area contributed by atoms with E-state index in [9.17, 15) is 4.79 Å². The SMILES string of the molecule is COc1ccc(CCN(C/C(C)=C/c2ccccc2)C(=O)C2CC2)cc1OC. The maximum Gasteiger partial charge on any atom is 0.225 e. The Labute approximate surface area is 167 Å². The molecule has 0 radical (unpaired) electrons. The standard InChI is InChI=1S/C24H29NO3/c1-18(15-19-7-5-4-6-8-19)17-25(24(26)21-10-11-21)14-13-20-9-12-22(27-2)23(16-20)28-3/h4-9,12,15-16,21H,10-11,13-14,17H2,1-3H3/b18-15+. The number of amides is 1. The smallest absolute Gasteiger partial charge is 0.225 e. The third kappa shape index (κ3) is 5.38. The van der Waals surface area contributed by atoms with Crippen LogP contribution in [0.5, 0.6) is 11.5 Å². The number of hydrogen-bond donors (Lipinski definition) is 0. The van der Waals surface area contributed by atoms with Crippen molar-refractivity contribution in [3.8, 4) is 11.5 Å². The molecule has 1 fully saturated rings. The summed E-state index contributed by atoms with van der Waals surface area (Å²) < 4.78 is 10.7. The number of rotatable bonds is 9. The zero-order chi connectivity index (χ0) is 19.9. The molecule has 0 atom stereocenters. The van der Waals surface area contributed by atoms with Gasteiger partial charge in [0.15, 0.2) is 11.5 Å². The minimum atomic E-state index is 0.218. The van der Waals surface area contributed by atoms with Gasteiger partial charge in [0.05, 0.1) is 14.2 Å². The molecule has 0 unspecified atom stereocenters. The topological polar surface area (TPSA) is 38.8 Å². The third-order valence-electron chi connectivity index (χ3n) is 5.01. The van der Waals surface area contributed by atoms with Gasteiger partial charge in [-0.1, -0.05) is 48.0 Å². The maximum absolute atomic E-state index is 12.8. The number of hydrogen-bond acceptors (Lipinski definition) is 3. The molecule has 4 nitrogen and oxygen atoms in total. The Hall–Kier alpha value is -2.75. The fourth-order valence-corrected chi connectivity index (χ4v) is 3.34. The van der Waals surface area contributed by atoms with Gasteiger partial charge in [0.2, 0.25) is 5.91 Å². The van der Waals surface area contributed by atoms with Crippen LogP contribution in [0.3, 0.4) is 0 Å². The Morgan fingerprint density at radius 2 is 1.79 bits per heavy atom. The van der Waals surface area contributed by atoms with Gasteiger partial charge in [-0.2, -0.15) is 0 Å². The molecule has 0 aromatic heterocycles. The molecule has 1 aliphatic carbocycles. The number of ether oxygens (including phenoxy) is 2. The summed E-state index contributed by atoms with van der Waals surface area (Å²) in [4.78, 5) is 14.8. The summed E-state index contributed by atoms with van der Waals surface area (Å²) in [6.07, 6.45) is 4.99. The van der Waals surface area contributed by atoms with Crippen LogP contribution in [-0.4, -0.2) is 38.1 Å². The molecular formula is C24H29NO3. The summed E-state index contributed by atoms with van der Waals surface area (Å²) in [5, 5.41) is 0. The van der Waals surface area contributed by atoms with E-state index >= 15 is 0 Å². The summed E-state index contributed by atoms with van der Waals surface area (Å²) in [7, 11) is 3.28. The van der Waals surface area contributed by atoms with Crippen molar-refractivity contribution in [2.45, 2.75) is 26.2 Å². The van der Waals surface area contributed by atoms with E-state index in [-0.39, 0.29) is 11.8 Å². The highest BCUT2D eigenvalue weighted by Crippen LogP contribution is 2.32. The van der Waals surface area contributed by atoms with Gasteiger partial charge in [-0.05, 0) is 49.4 Å². The van der Waals surface area contributed by atoms with E-state index in [1.54, 1.807) is 14.2 Å². The Morgan fingerprint density at radius 3 is 2.43 bits per heavy atom. The van der Waals surface area contributed by atoms with Crippen LogP contribution in [-0.2, 0) is 11.2 Å². The van der Waals surface area contributed by atoms with Gasteiger partial charge in [0, 0.05) is 19.0 Å². The summed E-state index contributed by atoms with van der Waals surface area (Å²) in [6, 6.07) is 16.2. The van der Waals surface area contributed by atoms with Crippen LogP contribution in [0.2, 0.25) is 0 Å². The van der Waals surface area contributed by atoms with E-state index in [2.05, 4.69) is 25.1 Å². The maximum atomic E-state index is 12.8. The normalized spacial score (nSPS) is 13.9. The highest BCUT2D eigenvalue weighted by molar-refractivity contribution is 5.81. The molecule has 1 saturated carbocycles. The van der Waals surface area contributed by atoms with Crippen LogP contribution in [0.4, 0.5) is 0 Å². The largest absolute Gasteiger partial charge is 0.493 e. The fourth-order valence-electron chi connectivity index (χ4n) is 3.34. The highest BCUT2D eigenvalue weighted by Gasteiger charge is 2.33. The molecule has 0 saturated heterocycles. The van der Waals surface area contributed by atoms with Gasteiger partial charge in [0.25, 0.3) is 0 Å². The summed E-state index contributed by atoms with van der Waals surface area (Å²) in [6.45, 7) is 3.46. The van der Waals surface area contributed by atoms with E-state index in [1.807, 2.05) is 41.3 Å². The van der Waals surface area contributed by atoms with Gasteiger partial charge in [-0.3, -0.25) is 4.79 Å². The van der Waals surface area contributed by atoms with Crippen molar-refractivity contribution in [1.82, 2.24) is 4.90 Å². The van der Waals surface area contributed by atoms with Crippen molar-refractivity contribution in [2.75, 3.05) is 27.3 Å². The van der Waals surface area contributed by atoms with Crippen LogP contribution < -0.4 is 9.47 Å². The minimum Gasteiger partial charge on any atom is -0.493 e. The fraction of sp³-hybridized carbons (Fsp3) is 0.375. The predicted molar refractivity (Wildman–Crippen MR) is 113 cm³/mol. The van der Waals surface area contributed by atoms with Crippen molar-refractivity contribution in [3.05, 3.63) is 65.2 Å². The number of benzene rings is 2. The van der Waals surface area contributed by atoms with Crippen molar-refractivity contribution in [3.63, 3.8) is 0 Å².